The summed E-state index contributed by atoms with van der Waals surface area (Å²) in [5.41, 5.74) is 1.39. The summed E-state index contributed by atoms with van der Waals surface area (Å²) in [7, 11) is 0. The van der Waals surface area contributed by atoms with Crippen LogP contribution >= 0.6 is 0 Å². The second-order valence-electron chi connectivity index (χ2n) is 4.69. The molecule has 0 saturated heterocycles. The van der Waals surface area contributed by atoms with E-state index < -0.39 is 0 Å². The molecule has 0 aliphatic heterocycles. The highest BCUT2D eigenvalue weighted by Crippen LogP contribution is 2.00. The van der Waals surface area contributed by atoms with Crippen LogP contribution in [0, 0.1) is 0 Å². The van der Waals surface area contributed by atoms with Crippen molar-refractivity contribution in [3.8, 4) is 0 Å². The molecule has 1 rings (SSSR count). The van der Waals surface area contributed by atoms with Crippen molar-refractivity contribution in [1.29, 1.82) is 0 Å². The molecule has 0 fully saturated rings. The molecule has 5 heteroatoms. The molecule has 0 saturated carbocycles. The van der Waals surface area contributed by atoms with Gasteiger partial charge >= 0.3 is 0 Å². The maximum absolute atomic E-state index is 11.4. The number of Topliss-reactive ketones (excluding diaryl/α,β-unsaturated/α-hetero) is 1. The first kappa shape index (κ1) is 16.9. The third-order valence-corrected chi connectivity index (χ3v) is 2.42. The van der Waals surface area contributed by atoms with Crippen molar-refractivity contribution in [2.45, 2.75) is 33.5 Å². The fourth-order valence-corrected chi connectivity index (χ4v) is 1.38. The number of benzene rings is 1. The van der Waals surface area contributed by atoms with Crippen LogP contribution in [0.25, 0.3) is 0 Å². The summed E-state index contributed by atoms with van der Waals surface area (Å²) in [6.45, 7) is 6.03. The topological polar surface area (TPSA) is 59.9 Å². The lowest BCUT2D eigenvalue weighted by atomic mass is 10.2. The standard InChI is InChI=1S/C16H22N2O3/c1-13(2)21-12-18-16(14(3)19)9-17-11-20-10-15-7-5-4-6-8-15/h4-9,12-13,17H,10-11H2,1-3H3/b16-9-,18-12?. The van der Waals surface area contributed by atoms with Crippen LogP contribution in [0.1, 0.15) is 26.3 Å². The lowest BCUT2D eigenvalue weighted by molar-refractivity contribution is -0.113. The predicted molar refractivity (Wildman–Crippen MR) is 82.7 cm³/mol. The Labute approximate surface area is 125 Å². The van der Waals surface area contributed by atoms with Crippen molar-refractivity contribution >= 4 is 12.2 Å². The number of carbonyl (C=O) groups excluding carboxylic acids is 1. The molecule has 0 unspecified atom stereocenters. The molecule has 1 aromatic carbocycles. The lowest BCUT2D eigenvalue weighted by Crippen LogP contribution is -2.13. The van der Waals surface area contributed by atoms with Gasteiger partial charge in [-0.1, -0.05) is 30.3 Å². The van der Waals surface area contributed by atoms with Gasteiger partial charge in [-0.25, -0.2) is 4.99 Å². The van der Waals surface area contributed by atoms with E-state index in [1.54, 1.807) is 0 Å². The average molecular weight is 290 g/mol. The number of aliphatic imine (C=N–C) groups is 1. The second-order valence-corrected chi connectivity index (χ2v) is 4.69. The third-order valence-electron chi connectivity index (χ3n) is 2.42. The highest BCUT2D eigenvalue weighted by atomic mass is 16.5. The van der Waals surface area contributed by atoms with Crippen LogP contribution in [0.15, 0.2) is 47.2 Å². The maximum atomic E-state index is 11.4. The minimum atomic E-state index is -0.144. The van der Waals surface area contributed by atoms with Crippen molar-refractivity contribution < 1.29 is 14.3 Å². The fourth-order valence-electron chi connectivity index (χ4n) is 1.38. The molecule has 5 nitrogen and oxygen atoms in total. The Balaban J connectivity index is 2.34. The number of nitrogens with one attached hydrogen (secondary N) is 1. The molecule has 0 heterocycles. The summed E-state index contributed by atoms with van der Waals surface area (Å²) >= 11 is 0. The number of carbonyl (C=O) groups is 1. The summed E-state index contributed by atoms with van der Waals surface area (Å²) in [4.78, 5) is 15.4. The van der Waals surface area contributed by atoms with E-state index in [4.69, 9.17) is 9.47 Å². The first-order valence-corrected chi connectivity index (χ1v) is 6.83. The zero-order chi connectivity index (χ0) is 15.5. The van der Waals surface area contributed by atoms with Gasteiger partial charge < -0.3 is 14.8 Å². The monoisotopic (exact) mass is 290 g/mol. The number of hydrogen-bond donors (Lipinski definition) is 1. The van der Waals surface area contributed by atoms with Gasteiger partial charge in [0.05, 0.1) is 12.7 Å². The smallest absolute Gasteiger partial charge is 0.179 e. The Hall–Kier alpha value is -2.14. The van der Waals surface area contributed by atoms with Crippen LogP contribution < -0.4 is 5.32 Å². The molecule has 0 aliphatic rings. The summed E-state index contributed by atoms with van der Waals surface area (Å²) < 4.78 is 10.6. The van der Waals surface area contributed by atoms with E-state index in [2.05, 4.69) is 10.3 Å². The van der Waals surface area contributed by atoms with Crippen molar-refractivity contribution in [2.24, 2.45) is 4.99 Å². The summed E-state index contributed by atoms with van der Waals surface area (Å²) in [5, 5.41) is 2.90. The Bertz CT molecular complexity index is 482. The van der Waals surface area contributed by atoms with E-state index in [1.807, 2.05) is 44.2 Å². The van der Waals surface area contributed by atoms with Crippen LogP contribution in [0.2, 0.25) is 0 Å². The molecule has 0 radical (unpaired) electrons. The quantitative estimate of drug-likeness (QED) is 0.250. The minimum absolute atomic E-state index is 0.0316. The van der Waals surface area contributed by atoms with Crippen molar-refractivity contribution in [2.75, 3.05) is 6.73 Å². The van der Waals surface area contributed by atoms with Gasteiger partial charge in [0.25, 0.3) is 0 Å². The van der Waals surface area contributed by atoms with Gasteiger partial charge in [0.15, 0.2) is 12.2 Å². The fraction of sp³-hybridized carbons (Fsp3) is 0.375. The van der Waals surface area contributed by atoms with Crippen LogP contribution in [-0.4, -0.2) is 25.0 Å². The Morgan fingerprint density at radius 1 is 1.33 bits per heavy atom. The van der Waals surface area contributed by atoms with Crippen molar-refractivity contribution in [1.82, 2.24) is 5.32 Å². The number of allylic oxidation sites excluding steroid dienone is 1. The van der Waals surface area contributed by atoms with Gasteiger partial charge in [-0.15, -0.1) is 0 Å². The molecule has 1 aromatic rings. The predicted octanol–water partition coefficient (Wildman–Crippen LogP) is 2.63. The number of ether oxygens (including phenoxy) is 2. The average Bonchev–Trinajstić information content (AvgIpc) is 2.45. The SMILES string of the molecule is CC(=O)/C(=C/NCOCc1ccccc1)N=COC(C)C. The van der Waals surface area contributed by atoms with Crippen LogP contribution in [-0.2, 0) is 20.9 Å². The highest BCUT2D eigenvalue weighted by molar-refractivity contribution is 5.93. The highest BCUT2D eigenvalue weighted by Gasteiger charge is 2.00. The molecular weight excluding hydrogens is 268 g/mol. The van der Waals surface area contributed by atoms with Gasteiger partial charge in [0.1, 0.15) is 12.4 Å². The van der Waals surface area contributed by atoms with Crippen LogP contribution in [0.4, 0.5) is 0 Å². The molecule has 0 aliphatic carbocycles. The molecule has 0 bridgehead atoms. The van der Waals surface area contributed by atoms with Crippen LogP contribution in [0.3, 0.4) is 0 Å². The number of ketones is 1. The Morgan fingerprint density at radius 2 is 2.05 bits per heavy atom. The Morgan fingerprint density at radius 3 is 2.67 bits per heavy atom. The first-order chi connectivity index (χ1) is 10.1. The van der Waals surface area contributed by atoms with Crippen molar-refractivity contribution in [3.63, 3.8) is 0 Å². The normalized spacial score (nSPS) is 11.9. The summed E-state index contributed by atoms with van der Waals surface area (Å²) in [5.74, 6) is -0.144. The molecule has 0 spiro atoms. The number of rotatable bonds is 9. The molecule has 0 atom stereocenters. The van der Waals surface area contributed by atoms with Gasteiger partial charge in [0.2, 0.25) is 0 Å². The Kier molecular flexibility index (Phi) is 7.82. The van der Waals surface area contributed by atoms with Gasteiger partial charge in [-0.2, -0.15) is 0 Å². The largest absolute Gasteiger partial charge is 0.481 e. The van der Waals surface area contributed by atoms with E-state index in [9.17, 15) is 4.79 Å². The van der Waals surface area contributed by atoms with Gasteiger partial charge in [0, 0.05) is 13.1 Å². The maximum Gasteiger partial charge on any atom is 0.179 e. The van der Waals surface area contributed by atoms with Gasteiger partial charge in [-0.05, 0) is 19.4 Å². The lowest BCUT2D eigenvalue weighted by Gasteiger charge is -2.05. The molecule has 114 valence electrons. The van der Waals surface area contributed by atoms with E-state index in [1.165, 1.54) is 19.5 Å². The number of nitrogens with zero attached hydrogens (tertiary/aromatic N) is 1. The first-order valence-electron chi connectivity index (χ1n) is 6.83. The van der Waals surface area contributed by atoms with E-state index in [0.717, 1.165) is 5.56 Å². The summed E-state index contributed by atoms with van der Waals surface area (Å²) in [6.07, 6.45) is 2.84. The third kappa shape index (κ3) is 7.89. The number of hydrogen-bond acceptors (Lipinski definition) is 5. The second kappa shape index (κ2) is 9.72. The molecule has 21 heavy (non-hydrogen) atoms. The zero-order valence-electron chi connectivity index (χ0n) is 12.7. The summed E-state index contributed by atoms with van der Waals surface area (Å²) in [6, 6.07) is 9.86. The van der Waals surface area contributed by atoms with Crippen LogP contribution in [0.5, 0.6) is 0 Å². The van der Waals surface area contributed by atoms with Crippen molar-refractivity contribution in [3.05, 3.63) is 47.8 Å². The molecule has 1 N–H and O–H groups in total. The molecule has 0 aromatic heterocycles. The molecule has 0 amide bonds. The molecular formula is C16H22N2O3. The minimum Gasteiger partial charge on any atom is -0.481 e. The van der Waals surface area contributed by atoms with E-state index in [-0.39, 0.29) is 11.9 Å². The van der Waals surface area contributed by atoms with Gasteiger partial charge in [-0.3, -0.25) is 4.79 Å². The van der Waals surface area contributed by atoms with E-state index in [0.29, 0.717) is 19.0 Å². The van der Waals surface area contributed by atoms with E-state index >= 15 is 0 Å². The zero-order valence-corrected chi connectivity index (χ0v) is 12.7.